The summed E-state index contributed by atoms with van der Waals surface area (Å²) in [5, 5.41) is 0. The standard InChI is InChI=1S/C9H7NO2.C2H6/c1-10-8(11)6-4-2-3-5-7(6)9(10)12;1-2/h2-5H,1H3;1-2H3. The van der Waals surface area contributed by atoms with E-state index in [1.165, 1.54) is 7.05 Å². The van der Waals surface area contributed by atoms with Crippen LogP contribution in [0.15, 0.2) is 24.3 Å². The molecule has 2 amide bonds. The molecule has 0 aliphatic carbocycles. The summed E-state index contributed by atoms with van der Waals surface area (Å²) in [5.74, 6) is -0.425. The van der Waals surface area contributed by atoms with Gasteiger partial charge in [0.05, 0.1) is 11.1 Å². The van der Waals surface area contributed by atoms with Crippen molar-refractivity contribution in [3.8, 4) is 0 Å². The zero-order valence-corrected chi connectivity index (χ0v) is 8.57. The zero-order chi connectivity index (χ0) is 10.7. The normalized spacial score (nSPS) is 13.5. The SMILES string of the molecule is CC.CN1C(=O)c2ccccc2C1=O. The number of rotatable bonds is 0. The van der Waals surface area contributed by atoms with Gasteiger partial charge in [-0.1, -0.05) is 26.0 Å². The van der Waals surface area contributed by atoms with Gasteiger partial charge in [-0.25, -0.2) is 0 Å². The molecule has 0 bridgehead atoms. The van der Waals surface area contributed by atoms with E-state index >= 15 is 0 Å². The first-order valence-electron chi connectivity index (χ1n) is 4.63. The zero-order valence-electron chi connectivity index (χ0n) is 8.57. The van der Waals surface area contributed by atoms with E-state index in [1.807, 2.05) is 13.8 Å². The Morgan fingerprint density at radius 1 is 0.929 bits per heavy atom. The van der Waals surface area contributed by atoms with Crippen LogP contribution in [-0.2, 0) is 0 Å². The van der Waals surface area contributed by atoms with E-state index < -0.39 is 0 Å². The third-order valence-electron chi connectivity index (χ3n) is 2.00. The maximum Gasteiger partial charge on any atom is 0.261 e. The van der Waals surface area contributed by atoms with Crippen LogP contribution in [0.4, 0.5) is 0 Å². The van der Waals surface area contributed by atoms with Gasteiger partial charge in [0.15, 0.2) is 0 Å². The summed E-state index contributed by atoms with van der Waals surface area (Å²) in [7, 11) is 1.49. The number of carbonyl (C=O) groups is 2. The Morgan fingerprint density at radius 3 is 1.64 bits per heavy atom. The highest BCUT2D eigenvalue weighted by Crippen LogP contribution is 2.20. The van der Waals surface area contributed by atoms with E-state index in [-0.39, 0.29) is 11.8 Å². The van der Waals surface area contributed by atoms with E-state index in [2.05, 4.69) is 0 Å². The predicted octanol–water partition coefficient (Wildman–Crippen LogP) is 1.94. The monoisotopic (exact) mass is 191 g/mol. The van der Waals surface area contributed by atoms with E-state index in [4.69, 9.17) is 0 Å². The lowest BCUT2D eigenvalue weighted by Crippen LogP contribution is -2.24. The van der Waals surface area contributed by atoms with Gasteiger partial charge in [0.2, 0.25) is 0 Å². The molecule has 0 aromatic heterocycles. The molecule has 0 saturated heterocycles. The van der Waals surface area contributed by atoms with Crippen LogP contribution in [0.2, 0.25) is 0 Å². The van der Waals surface area contributed by atoms with Crippen molar-refractivity contribution in [3.05, 3.63) is 35.4 Å². The molecule has 0 fully saturated rings. The average molecular weight is 191 g/mol. The fourth-order valence-corrected chi connectivity index (χ4v) is 1.31. The van der Waals surface area contributed by atoms with Crippen LogP contribution in [0.1, 0.15) is 34.6 Å². The lowest BCUT2D eigenvalue weighted by Gasteiger charge is -2.02. The van der Waals surface area contributed by atoms with Gasteiger partial charge >= 0.3 is 0 Å². The van der Waals surface area contributed by atoms with Crippen LogP contribution in [-0.4, -0.2) is 23.8 Å². The van der Waals surface area contributed by atoms with Crippen LogP contribution in [0.3, 0.4) is 0 Å². The molecule has 1 aromatic rings. The summed E-state index contributed by atoms with van der Waals surface area (Å²) in [5.41, 5.74) is 1.01. The third kappa shape index (κ3) is 1.41. The summed E-state index contributed by atoms with van der Waals surface area (Å²) < 4.78 is 0. The van der Waals surface area contributed by atoms with E-state index in [9.17, 15) is 9.59 Å². The molecule has 0 saturated carbocycles. The Bertz CT molecular complexity index is 336. The minimum absolute atomic E-state index is 0.212. The van der Waals surface area contributed by atoms with Crippen LogP contribution in [0.25, 0.3) is 0 Å². The number of imide groups is 1. The molecule has 1 aromatic carbocycles. The predicted molar refractivity (Wildman–Crippen MR) is 54.2 cm³/mol. The van der Waals surface area contributed by atoms with Crippen molar-refractivity contribution in [3.63, 3.8) is 0 Å². The molecule has 1 heterocycles. The van der Waals surface area contributed by atoms with Gasteiger partial charge in [0.1, 0.15) is 0 Å². The number of fused-ring (bicyclic) bond motifs is 1. The minimum Gasteiger partial charge on any atom is -0.277 e. The molecule has 0 spiro atoms. The molecule has 0 N–H and O–H groups in total. The lowest BCUT2D eigenvalue weighted by molar-refractivity contribution is 0.0693. The van der Waals surface area contributed by atoms with Crippen LogP contribution in [0, 0.1) is 0 Å². The van der Waals surface area contributed by atoms with Gasteiger partial charge in [-0.2, -0.15) is 0 Å². The number of hydrogen-bond donors (Lipinski definition) is 0. The second-order valence-electron chi connectivity index (χ2n) is 2.71. The minimum atomic E-state index is -0.212. The van der Waals surface area contributed by atoms with Crippen molar-refractivity contribution in [1.82, 2.24) is 4.90 Å². The first kappa shape index (κ1) is 10.4. The van der Waals surface area contributed by atoms with Crippen molar-refractivity contribution in [2.45, 2.75) is 13.8 Å². The Balaban J connectivity index is 0.000000461. The van der Waals surface area contributed by atoms with E-state index in [0.717, 1.165) is 4.90 Å². The van der Waals surface area contributed by atoms with E-state index in [0.29, 0.717) is 11.1 Å². The Labute approximate surface area is 83.3 Å². The smallest absolute Gasteiger partial charge is 0.261 e. The van der Waals surface area contributed by atoms with Crippen LogP contribution < -0.4 is 0 Å². The van der Waals surface area contributed by atoms with Gasteiger partial charge in [0.25, 0.3) is 11.8 Å². The van der Waals surface area contributed by atoms with Crippen molar-refractivity contribution >= 4 is 11.8 Å². The molecule has 2 rings (SSSR count). The number of hydrogen-bond acceptors (Lipinski definition) is 2. The Kier molecular flexibility index (Phi) is 3.02. The fraction of sp³-hybridized carbons (Fsp3) is 0.273. The number of benzene rings is 1. The topological polar surface area (TPSA) is 37.4 Å². The van der Waals surface area contributed by atoms with Crippen molar-refractivity contribution in [2.75, 3.05) is 7.05 Å². The van der Waals surface area contributed by atoms with Crippen molar-refractivity contribution in [1.29, 1.82) is 0 Å². The highest BCUT2D eigenvalue weighted by atomic mass is 16.2. The van der Waals surface area contributed by atoms with Gasteiger partial charge < -0.3 is 0 Å². The number of amides is 2. The largest absolute Gasteiger partial charge is 0.277 e. The first-order chi connectivity index (χ1) is 6.72. The number of carbonyl (C=O) groups excluding carboxylic acids is 2. The van der Waals surface area contributed by atoms with Crippen molar-refractivity contribution in [2.24, 2.45) is 0 Å². The molecule has 74 valence electrons. The molecule has 0 unspecified atom stereocenters. The Hall–Kier alpha value is -1.64. The highest BCUT2D eigenvalue weighted by Gasteiger charge is 2.31. The molecular weight excluding hydrogens is 178 g/mol. The maximum absolute atomic E-state index is 11.3. The lowest BCUT2D eigenvalue weighted by atomic mass is 10.1. The number of nitrogens with zero attached hydrogens (tertiary/aromatic N) is 1. The molecule has 0 atom stereocenters. The van der Waals surface area contributed by atoms with Gasteiger partial charge in [-0.05, 0) is 12.1 Å². The van der Waals surface area contributed by atoms with Gasteiger partial charge in [-0.15, -0.1) is 0 Å². The summed E-state index contributed by atoms with van der Waals surface area (Å²) in [6, 6.07) is 6.84. The molecule has 3 heteroatoms. The Morgan fingerprint density at radius 2 is 1.29 bits per heavy atom. The molecule has 1 aliphatic heterocycles. The third-order valence-corrected chi connectivity index (χ3v) is 2.00. The second kappa shape index (κ2) is 4.05. The van der Waals surface area contributed by atoms with E-state index in [1.54, 1.807) is 24.3 Å². The van der Waals surface area contributed by atoms with Gasteiger partial charge in [0, 0.05) is 7.05 Å². The summed E-state index contributed by atoms with van der Waals surface area (Å²) in [6.07, 6.45) is 0. The molecule has 1 aliphatic rings. The summed E-state index contributed by atoms with van der Waals surface area (Å²) in [4.78, 5) is 23.8. The average Bonchev–Trinajstić information content (AvgIpc) is 2.48. The van der Waals surface area contributed by atoms with Crippen molar-refractivity contribution < 1.29 is 9.59 Å². The highest BCUT2D eigenvalue weighted by molar-refractivity contribution is 6.21. The molecular formula is C11H13NO2. The quantitative estimate of drug-likeness (QED) is 0.588. The summed E-state index contributed by atoms with van der Waals surface area (Å²) in [6.45, 7) is 4.00. The fourth-order valence-electron chi connectivity index (χ4n) is 1.31. The van der Waals surface area contributed by atoms with Crippen LogP contribution in [0.5, 0.6) is 0 Å². The maximum atomic E-state index is 11.3. The van der Waals surface area contributed by atoms with Crippen LogP contribution >= 0.6 is 0 Å². The summed E-state index contributed by atoms with van der Waals surface area (Å²) >= 11 is 0. The van der Waals surface area contributed by atoms with Gasteiger partial charge in [-0.3, -0.25) is 14.5 Å². The molecule has 14 heavy (non-hydrogen) atoms. The second-order valence-corrected chi connectivity index (χ2v) is 2.71. The first-order valence-corrected chi connectivity index (χ1v) is 4.63. The molecule has 3 nitrogen and oxygen atoms in total. The molecule has 0 radical (unpaired) electrons.